The molecule has 0 fully saturated rings. The fraction of sp³-hybridized carbons (Fsp3) is 0.250. The van der Waals surface area contributed by atoms with Gasteiger partial charge in [-0.2, -0.15) is 0 Å². The quantitative estimate of drug-likeness (QED) is 0.132. The summed E-state index contributed by atoms with van der Waals surface area (Å²) in [5.74, 6) is -1.53. The fourth-order valence-electron chi connectivity index (χ4n) is 4.41. The van der Waals surface area contributed by atoms with Crippen LogP contribution in [0.1, 0.15) is 32.0 Å². The van der Waals surface area contributed by atoms with E-state index < -0.39 is 35.1 Å². The smallest absolute Gasteiger partial charge is 0.413 e. The molecule has 13 heteroatoms. The molecule has 3 N–H and O–H groups in total. The van der Waals surface area contributed by atoms with Gasteiger partial charge in [0.2, 0.25) is 5.41 Å². The van der Waals surface area contributed by atoms with E-state index in [4.69, 9.17) is 14.2 Å². The van der Waals surface area contributed by atoms with Crippen molar-refractivity contribution in [1.82, 2.24) is 14.5 Å². The first-order chi connectivity index (χ1) is 21.4. The second-order valence-electron chi connectivity index (χ2n) is 10.9. The number of carbonyl (C=O) groups excluding carboxylic acids is 4. The predicted molar refractivity (Wildman–Crippen MR) is 166 cm³/mol. The minimum absolute atomic E-state index is 0.0848. The van der Waals surface area contributed by atoms with Crippen LogP contribution < -0.4 is 16.0 Å². The van der Waals surface area contributed by atoms with E-state index in [-0.39, 0.29) is 17.9 Å². The van der Waals surface area contributed by atoms with Crippen molar-refractivity contribution < 1.29 is 33.4 Å². The molecule has 234 valence electrons. The highest BCUT2D eigenvalue weighted by atomic mass is 16.6. The molecule has 2 heterocycles. The zero-order valence-electron chi connectivity index (χ0n) is 25.5. The maximum Gasteiger partial charge on any atom is 0.413 e. The van der Waals surface area contributed by atoms with Crippen molar-refractivity contribution in [3.8, 4) is 5.69 Å². The Kier molecular flexibility index (Phi) is 9.81. The van der Waals surface area contributed by atoms with Gasteiger partial charge in [0.1, 0.15) is 11.4 Å². The second kappa shape index (κ2) is 13.7. The number of nitrogens with one attached hydrogen (secondary N) is 3. The molecule has 0 saturated heterocycles. The van der Waals surface area contributed by atoms with Gasteiger partial charge in [0, 0.05) is 35.9 Å². The average molecular weight is 615 g/mol. The zero-order chi connectivity index (χ0) is 32.6. The van der Waals surface area contributed by atoms with Gasteiger partial charge >= 0.3 is 24.1 Å². The number of urea groups is 1. The molecule has 0 bridgehead atoms. The van der Waals surface area contributed by atoms with Crippen molar-refractivity contribution in [3.63, 3.8) is 0 Å². The lowest BCUT2D eigenvalue weighted by Gasteiger charge is -2.26. The number of esters is 2. The lowest BCUT2D eigenvalue weighted by atomic mass is 9.79. The molecule has 13 nitrogen and oxygen atoms in total. The van der Waals surface area contributed by atoms with Crippen molar-refractivity contribution in [1.29, 1.82) is 0 Å². The van der Waals surface area contributed by atoms with Crippen LogP contribution in [0.25, 0.3) is 5.69 Å². The van der Waals surface area contributed by atoms with Crippen LogP contribution in [0.5, 0.6) is 0 Å². The number of para-hydroxylation sites is 1. The summed E-state index contributed by atoms with van der Waals surface area (Å²) in [5.41, 5.74) is -0.254. The molecule has 0 spiro atoms. The Morgan fingerprint density at radius 1 is 0.778 bits per heavy atom. The number of benzene rings is 2. The predicted octanol–water partition coefficient (Wildman–Crippen LogP) is 5.08. The van der Waals surface area contributed by atoms with E-state index in [0.717, 1.165) is 0 Å². The molecular weight excluding hydrogens is 580 g/mol. The summed E-state index contributed by atoms with van der Waals surface area (Å²) < 4.78 is 17.0. The largest absolute Gasteiger partial charge is 0.468 e. The highest BCUT2D eigenvalue weighted by molar-refractivity contribution is 6.06. The van der Waals surface area contributed by atoms with Crippen LogP contribution in [0.3, 0.4) is 0 Å². The number of hydrogen-bond donors (Lipinski definition) is 3. The number of pyridine rings is 1. The maximum absolute atomic E-state index is 13.3. The standard InChI is InChI=1S/C32H34N6O7/c1-31(2,3)45-30(42)37-26-16-11-21(18-33-26)17-32(27(39)43-4,28(40)44-5)25-19-38(20-34-25)24-14-12-23(13-15-24)36-29(41)35-22-9-7-6-8-10-22/h6-16,18-20H,17H2,1-5H3,(H,33,37,42)(H2,35,36,41). The Hall–Kier alpha value is -5.72. The number of hydrogen-bond acceptors (Lipinski definition) is 9. The van der Waals surface area contributed by atoms with Crippen LogP contribution in [0.15, 0.2) is 85.5 Å². The highest BCUT2D eigenvalue weighted by Crippen LogP contribution is 2.32. The summed E-state index contributed by atoms with van der Waals surface area (Å²) in [4.78, 5) is 59.7. The van der Waals surface area contributed by atoms with E-state index in [9.17, 15) is 19.2 Å². The van der Waals surface area contributed by atoms with Gasteiger partial charge in [0.05, 0.1) is 26.2 Å². The molecule has 4 rings (SSSR count). The Balaban J connectivity index is 1.55. The molecule has 0 aliphatic carbocycles. The Morgan fingerprint density at radius 3 is 1.96 bits per heavy atom. The van der Waals surface area contributed by atoms with Gasteiger partial charge in [-0.15, -0.1) is 0 Å². The van der Waals surface area contributed by atoms with Gasteiger partial charge in [-0.25, -0.2) is 19.6 Å². The number of methoxy groups -OCH3 is 2. The number of ether oxygens (including phenoxy) is 3. The second-order valence-corrected chi connectivity index (χ2v) is 10.9. The van der Waals surface area contributed by atoms with Crippen LogP contribution in [-0.2, 0) is 35.6 Å². The third-order valence-electron chi connectivity index (χ3n) is 6.47. The van der Waals surface area contributed by atoms with Crippen LogP contribution in [-0.4, -0.2) is 58.4 Å². The molecule has 0 radical (unpaired) electrons. The summed E-state index contributed by atoms with van der Waals surface area (Å²) in [5, 5.41) is 8.05. The van der Waals surface area contributed by atoms with Crippen molar-refractivity contribution in [2.45, 2.75) is 38.2 Å². The number of rotatable bonds is 9. The van der Waals surface area contributed by atoms with Crippen molar-refractivity contribution >= 4 is 41.3 Å². The monoisotopic (exact) mass is 614 g/mol. The van der Waals surface area contributed by atoms with Gasteiger partial charge in [0.25, 0.3) is 0 Å². The van der Waals surface area contributed by atoms with Crippen LogP contribution in [0, 0.1) is 0 Å². The molecular formula is C32H34N6O7. The van der Waals surface area contributed by atoms with E-state index in [1.165, 1.54) is 39.0 Å². The van der Waals surface area contributed by atoms with E-state index in [1.54, 1.807) is 67.8 Å². The van der Waals surface area contributed by atoms with E-state index >= 15 is 0 Å². The Bertz CT molecular complexity index is 1630. The summed E-state index contributed by atoms with van der Waals surface area (Å²) in [6.45, 7) is 5.22. The zero-order valence-corrected chi connectivity index (χ0v) is 25.5. The molecule has 0 unspecified atom stereocenters. The minimum atomic E-state index is -1.96. The van der Waals surface area contributed by atoms with Crippen molar-refractivity contribution in [2.75, 3.05) is 30.2 Å². The molecule has 4 aromatic rings. The number of aromatic nitrogens is 3. The average Bonchev–Trinajstić information content (AvgIpc) is 3.50. The number of anilines is 3. The molecule has 3 amide bonds. The fourth-order valence-corrected chi connectivity index (χ4v) is 4.41. The van der Waals surface area contributed by atoms with Gasteiger partial charge in [-0.1, -0.05) is 24.3 Å². The summed E-state index contributed by atoms with van der Waals surface area (Å²) in [6.07, 6.45) is 3.54. The topological polar surface area (TPSA) is 163 Å². The molecule has 0 aliphatic heterocycles. The number of imidazole rings is 1. The lowest BCUT2D eigenvalue weighted by molar-refractivity contribution is -0.162. The van der Waals surface area contributed by atoms with E-state index in [1.807, 2.05) is 18.2 Å². The number of carbonyl (C=O) groups is 4. The van der Waals surface area contributed by atoms with Gasteiger partial charge in [-0.05, 0) is 68.8 Å². The third kappa shape index (κ3) is 8.02. The SMILES string of the molecule is COC(=O)C(Cc1ccc(NC(=O)OC(C)(C)C)nc1)(C(=O)OC)c1cn(-c2ccc(NC(=O)Nc3ccccc3)cc2)cn1. The van der Waals surface area contributed by atoms with Gasteiger partial charge in [-0.3, -0.25) is 14.9 Å². The van der Waals surface area contributed by atoms with E-state index in [2.05, 4.69) is 25.9 Å². The van der Waals surface area contributed by atoms with Gasteiger partial charge < -0.3 is 29.4 Å². The normalized spacial score (nSPS) is 11.2. The first-order valence-electron chi connectivity index (χ1n) is 13.8. The molecule has 45 heavy (non-hydrogen) atoms. The van der Waals surface area contributed by atoms with E-state index in [0.29, 0.717) is 22.6 Å². The van der Waals surface area contributed by atoms with Crippen LogP contribution in [0.4, 0.5) is 26.8 Å². The molecule has 0 saturated carbocycles. The highest BCUT2D eigenvalue weighted by Gasteiger charge is 2.52. The third-order valence-corrected chi connectivity index (χ3v) is 6.47. The lowest BCUT2D eigenvalue weighted by Crippen LogP contribution is -2.47. The summed E-state index contributed by atoms with van der Waals surface area (Å²) >= 11 is 0. The van der Waals surface area contributed by atoms with Crippen LogP contribution in [0.2, 0.25) is 0 Å². The minimum Gasteiger partial charge on any atom is -0.468 e. The van der Waals surface area contributed by atoms with Crippen LogP contribution >= 0.6 is 0 Å². The van der Waals surface area contributed by atoms with Gasteiger partial charge in [0.15, 0.2) is 0 Å². The molecule has 2 aromatic carbocycles. The number of nitrogens with zero attached hydrogens (tertiary/aromatic N) is 3. The summed E-state index contributed by atoms with van der Waals surface area (Å²) in [6, 6.07) is 18.6. The Morgan fingerprint density at radius 2 is 1.40 bits per heavy atom. The summed E-state index contributed by atoms with van der Waals surface area (Å²) in [7, 11) is 2.34. The number of amides is 3. The van der Waals surface area contributed by atoms with Crippen molar-refractivity contribution in [3.05, 3.63) is 96.7 Å². The molecule has 0 atom stereocenters. The molecule has 2 aromatic heterocycles. The first-order valence-corrected chi connectivity index (χ1v) is 13.8. The first kappa shape index (κ1) is 32.2. The van der Waals surface area contributed by atoms with Crippen molar-refractivity contribution in [2.24, 2.45) is 0 Å². The molecule has 0 aliphatic rings. The maximum atomic E-state index is 13.3. The Labute approximate surface area is 259 Å².